The Bertz CT molecular complexity index is 382. The molecule has 0 bridgehead atoms. The highest BCUT2D eigenvalue weighted by molar-refractivity contribution is 5.41. The summed E-state index contributed by atoms with van der Waals surface area (Å²) in [7, 11) is 0. The first-order valence-electron chi connectivity index (χ1n) is 5.17. The Labute approximate surface area is 88.3 Å². The molecule has 3 heteroatoms. The molecule has 0 heterocycles. The van der Waals surface area contributed by atoms with Crippen LogP contribution in [0.3, 0.4) is 0 Å². The number of rotatable bonds is 2. The minimum atomic E-state index is -0.426. The van der Waals surface area contributed by atoms with Crippen molar-refractivity contribution in [1.29, 1.82) is 0 Å². The Hall–Kier alpha value is -0.960. The number of hydrogen-bond acceptors (Lipinski definition) is 1. The molecule has 15 heavy (non-hydrogen) atoms. The van der Waals surface area contributed by atoms with Crippen LogP contribution < -0.4 is 5.73 Å². The molecule has 0 aromatic heterocycles. The highest BCUT2D eigenvalue weighted by Gasteiger charge is 2.47. The molecular formula is C12H15F2N. The molecule has 0 unspecified atom stereocenters. The standard InChI is InChI=1S/C12H15F2N/c1-7-5-8(2)11(14)9(10(7)13)12(6-15)3-4-12/h5H,3-4,6,15H2,1-2H3. The number of aryl methyl sites for hydroxylation is 2. The molecule has 0 radical (unpaired) electrons. The first-order chi connectivity index (χ1) is 7.02. The summed E-state index contributed by atoms with van der Waals surface area (Å²) in [5.74, 6) is -0.831. The van der Waals surface area contributed by atoms with Gasteiger partial charge in [0.25, 0.3) is 0 Å². The number of benzene rings is 1. The van der Waals surface area contributed by atoms with E-state index in [1.165, 1.54) is 0 Å². The Morgan fingerprint density at radius 3 is 2.00 bits per heavy atom. The summed E-state index contributed by atoms with van der Waals surface area (Å²) < 4.78 is 27.7. The maximum Gasteiger partial charge on any atom is 0.132 e. The second-order valence-electron chi connectivity index (χ2n) is 4.50. The van der Waals surface area contributed by atoms with Gasteiger partial charge in [-0.25, -0.2) is 8.78 Å². The molecule has 1 aromatic rings. The molecular weight excluding hydrogens is 196 g/mol. The molecule has 0 saturated heterocycles. The lowest BCUT2D eigenvalue weighted by Crippen LogP contribution is -2.23. The normalized spacial score (nSPS) is 17.9. The minimum Gasteiger partial charge on any atom is -0.330 e. The number of hydrogen-bond donors (Lipinski definition) is 1. The summed E-state index contributed by atoms with van der Waals surface area (Å²) in [6, 6.07) is 1.54. The zero-order valence-electron chi connectivity index (χ0n) is 9.03. The van der Waals surface area contributed by atoms with Crippen molar-refractivity contribution in [3.05, 3.63) is 34.4 Å². The smallest absolute Gasteiger partial charge is 0.132 e. The van der Waals surface area contributed by atoms with Crippen molar-refractivity contribution < 1.29 is 8.78 Å². The van der Waals surface area contributed by atoms with Gasteiger partial charge in [-0.2, -0.15) is 0 Å². The van der Waals surface area contributed by atoms with Crippen molar-refractivity contribution in [3.63, 3.8) is 0 Å². The lowest BCUT2D eigenvalue weighted by Gasteiger charge is -2.17. The fraction of sp³-hybridized carbons (Fsp3) is 0.500. The van der Waals surface area contributed by atoms with Crippen molar-refractivity contribution in [2.75, 3.05) is 6.54 Å². The molecule has 0 amide bonds. The van der Waals surface area contributed by atoms with E-state index in [9.17, 15) is 8.78 Å². The van der Waals surface area contributed by atoms with Gasteiger partial charge in [-0.15, -0.1) is 0 Å². The minimum absolute atomic E-state index is 0.211. The molecule has 1 fully saturated rings. The van der Waals surface area contributed by atoms with Crippen LogP contribution in [0.2, 0.25) is 0 Å². The lowest BCUT2D eigenvalue weighted by molar-refractivity contribution is 0.508. The van der Waals surface area contributed by atoms with E-state index in [1.54, 1.807) is 19.9 Å². The Morgan fingerprint density at radius 1 is 1.20 bits per heavy atom. The van der Waals surface area contributed by atoms with E-state index in [2.05, 4.69) is 0 Å². The Kier molecular flexibility index (Phi) is 2.30. The Morgan fingerprint density at radius 2 is 1.67 bits per heavy atom. The van der Waals surface area contributed by atoms with E-state index in [-0.39, 0.29) is 5.56 Å². The van der Waals surface area contributed by atoms with Crippen LogP contribution in [0.25, 0.3) is 0 Å². The average molecular weight is 211 g/mol. The van der Waals surface area contributed by atoms with Gasteiger partial charge in [-0.1, -0.05) is 6.07 Å². The summed E-state index contributed by atoms with van der Waals surface area (Å²) in [5.41, 5.74) is 6.40. The Balaban J connectivity index is 2.64. The molecule has 0 atom stereocenters. The topological polar surface area (TPSA) is 26.0 Å². The van der Waals surface area contributed by atoms with Crippen LogP contribution in [0.4, 0.5) is 8.78 Å². The molecule has 2 rings (SSSR count). The summed E-state index contributed by atoms with van der Waals surface area (Å²) in [6.45, 7) is 3.65. The molecule has 1 aliphatic rings. The van der Waals surface area contributed by atoms with Crippen LogP contribution >= 0.6 is 0 Å². The van der Waals surface area contributed by atoms with Gasteiger partial charge in [0.15, 0.2) is 0 Å². The fourth-order valence-corrected chi connectivity index (χ4v) is 2.11. The molecule has 0 aliphatic heterocycles. The number of halogens is 2. The van der Waals surface area contributed by atoms with Gasteiger partial charge >= 0.3 is 0 Å². The van der Waals surface area contributed by atoms with Crippen LogP contribution in [0.5, 0.6) is 0 Å². The quantitative estimate of drug-likeness (QED) is 0.799. The zero-order valence-corrected chi connectivity index (χ0v) is 9.03. The van der Waals surface area contributed by atoms with Crippen LogP contribution in [0.15, 0.2) is 6.07 Å². The molecule has 82 valence electrons. The maximum absolute atomic E-state index is 13.9. The van der Waals surface area contributed by atoms with E-state index < -0.39 is 17.0 Å². The van der Waals surface area contributed by atoms with Crippen LogP contribution in [0, 0.1) is 25.5 Å². The van der Waals surface area contributed by atoms with Gasteiger partial charge in [-0.3, -0.25) is 0 Å². The van der Waals surface area contributed by atoms with E-state index >= 15 is 0 Å². The third kappa shape index (κ3) is 1.46. The molecule has 2 N–H and O–H groups in total. The van der Waals surface area contributed by atoms with Gasteiger partial charge in [-0.05, 0) is 37.8 Å². The molecule has 1 saturated carbocycles. The second kappa shape index (κ2) is 3.27. The van der Waals surface area contributed by atoms with E-state index in [0.29, 0.717) is 17.7 Å². The third-order valence-electron chi connectivity index (χ3n) is 3.34. The van der Waals surface area contributed by atoms with Gasteiger partial charge < -0.3 is 5.73 Å². The molecule has 1 aliphatic carbocycles. The zero-order chi connectivity index (χ0) is 11.2. The van der Waals surface area contributed by atoms with Crippen LogP contribution in [0.1, 0.15) is 29.5 Å². The third-order valence-corrected chi connectivity index (χ3v) is 3.34. The predicted molar refractivity (Wildman–Crippen MR) is 55.8 cm³/mol. The summed E-state index contributed by atoms with van der Waals surface area (Å²) in [6.07, 6.45) is 1.58. The van der Waals surface area contributed by atoms with Gasteiger partial charge in [0.1, 0.15) is 11.6 Å². The van der Waals surface area contributed by atoms with Crippen molar-refractivity contribution >= 4 is 0 Å². The van der Waals surface area contributed by atoms with E-state index in [4.69, 9.17) is 5.73 Å². The van der Waals surface area contributed by atoms with Crippen molar-refractivity contribution in [3.8, 4) is 0 Å². The van der Waals surface area contributed by atoms with Crippen molar-refractivity contribution in [2.45, 2.75) is 32.1 Å². The van der Waals surface area contributed by atoms with Crippen molar-refractivity contribution in [1.82, 2.24) is 0 Å². The van der Waals surface area contributed by atoms with Gasteiger partial charge in [0, 0.05) is 17.5 Å². The first-order valence-corrected chi connectivity index (χ1v) is 5.17. The lowest BCUT2D eigenvalue weighted by atomic mass is 9.91. The van der Waals surface area contributed by atoms with Crippen LogP contribution in [-0.2, 0) is 5.41 Å². The SMILES string of the molecule is Cc1cc(C)c(F)c(C2(CN)CC2)c1F. The fourth-order valence-electron chi connectivity index (χ4n) is 2.11. The van der Waals surface area contributed by atoms with E-state index in [0.717, 1.165) is 12.8 Å². The maximum atomic E-state index is 13.9. The molecule has 0 spiro atoms. The van der Waals surface area contributed by atoms with Gasteiger partial charge in [0.05, 0.1) is 0 Å². The van der Waals surface area contributed by atoms with Gasteiger partial charge in [0.2, 0.25) is 0 Å². The first kappa shape index (κ1) is 10.6. The summed E-state index contributed by atoms with van der Waals surface area (Å²) in [5, 5.41) is 0. The number of nitrogens with two attached hydrogens (primary N) is 1. The average Bonchev–Trinajstić information content (AvgIpc) is 2.96. The monoisotopic (exact) mass is 211 g/mol. The predicted octanol–water partition coefficient (Wildman–Crippen LogP) is 2.57. The largest absolute Gasteiger partial charge is 0.330 e. The van der Waals surface area contributed by atoms with E-state index in [1.807, 2.05) is 0 Å². The highest BCUT2D eigenvalue weighted by atomic mass is 19.1. The summed E-state index contributed by atoms with van der Waals surface area (Å²) >= 11 is 0. The van der Waals surface area contributed by atoms with Crippen LogP contribution in [-0.4, -0.2) is 6.54 Å². The highest BCUT2D eigenvalue weighted by Crippen LogP contribution is 2.49. The van der Waals surface area contributed by atoms with Crippen molar-refractivity contribution in [2.24, 2.45) is 5.73 Å². The molecule has 1 nitrogen and oxygen atoms in total. The second-order valence-corrected chi connectivity index (χ2v) is 4.50. The molecule has 1 aromatic carbocycles. The summed E-state index contributed by atoms with van der Waals surface area (Å²) in [4.78, 5) is 0.